The monoisotopic (exact) mass is 293 g/mol. The van der Waals surface area contributed by atoms with Crippen LogP contribution in [0.2, 0.25) is 0 Å². The van der Waals surface area contributed by atoms with Gasteiger partial charge in [-0.25, -0.2) is 0 Å². The van der Waals surface area contributed by atoms with Gasteiger partial charge in [-0.3, -0.25) is 10.1 Å². The number of hydrogen-bond donors (Lipinski definition) is 2. The van der Waals surface area contributed by atoms with Gasteiger partial charge in [0.05, 0.1) is 16.6 Å². The number of nitro benzene ring substituents is 1. The standard InChI is InChI=1S/C14H19N3O4/c1-9-3-2-4-11(7-9)21-13-6-5-10(17(19)20)8-12(13)14(15)16-18/h5-6,8-9,11,18H,2-4,7H2,1H3,(H2,15,16). The second kappa shape index (κ2) is 6.43. The highest BCUT2D eigenvalue weighted by molar-refractivity contribution is 6.00. The molecular weight excluding hydrogens is 274 g/mol. The summed E-state index contributed by atoms with van der Waals surface area (Å²) in [6.07, 6.45) is 4.22. The summed E-state index contributed by atoms with van der Waals surface area (Å²) in [4.78, 5) is 10.3. The Morgan fingerprint density at radius 2 is 2.29 bits per heavy atom. The molecule has 3 N–H and O–H groups in total. The van der Waals surface area contributed by atoms with Gasteiger partial charge in [0.15, 0.2) is 5.84 Å². The highest BCUT2D eigenvalue weighted by Gasteiger charge is 2.23. The average Bonchev–Trinajstić information content (AvgIpc) is 2.46. The second-order valence-corrected chi connectivity index (χ2v) is 5.43. The van der Waals surface area contributed by atoms with E-state index in [1.807, 2.05) is 0 Å². The van der Waals surface area contributed by atoms with Gasteiger partial charge < -0.3 is 15.7 Å². The van der Waals surface area contributed by atoms with Crippen molar-refractivity contribution in [1.29, 1.82) is 0 Å². The van der Waals surface area contributed by atoms with Gasteiger partial charge in [-0.1, -0.05) is 18.5 Å². The van der Waals surface area contributed by atoms with Crippen LogP contribution in [0.25, 0.3) is 0 Å². The quantitative estimate of drug-likeness (QED) is 0.291. The van der Waals surface area contributed by atoms with Crippen molar-refractivity contribution in [3.8, 4) is 5.75 Å². The molecule has 2 unspecified atom stereocenters. The summed E-state index contributed by atoms with van der Waals surface area (Å²) in [7, 11) is 0. The normalized spacial score (nSPS) is 22.8. The lowest BCUT2D eigenvalue weighted by molar-refractivity contribution is -0.384. The number of nitrogens with two attached hydrogens (primary N) is 1. The largest absolute Gasteiger partial charge is 0.490 e. The molecule has 0 aromatic heterocycles. The maximum absolute atomic E-state index is 10.8. The molecule has 1 aromatic carbocycles. The van der Waals surface area contributed by atoms with Gasteiger partial charge in [-0.15, -0.1) is 0 Å². The Hall–Kier alpha value is -2.31. The van der Waals surface area contributed by atoms with Gasteiger partial charge in [0.2, 0.25) is 0 Å². The van der Waals surface area contributed by atoms with Crippen LogP contribution >= 0.6 is 0 Å². The molecule has 21 heavy (non-hydrogen) atoms. The summed E-state index contributed by atoms with van der Waals surface area (Å²) < 4.78 is 5.92. The van der Waals surface area contributed by atoms with Crippen LogP contribution in [0, 0.1) is 16.0 Å². The summed E-state index contributed by atoms with van der Waals surface area (Å²) in [6, 6.07) is 4.12. The lowest BCUT2D eigenvalue weighted by atomic mass is 9.88. The number of nitro groups is 1. The van der Waals surface area contributed by atoms with Crippen LogP contribution in [-0.4, -0.2) is 22.1 Å². The van der Waals surface area contributed by atoms with Gasteiger partial charge in [0.25, 0.3) is 5.69 Å². The Morgan fingerprint density at radius 3 is 2.90 bits per heavy atom. The molecule has 0 radical (unpaired) electrons. The van der Waals surface area contributed by atoms with Crippen molar-refractivity contribution in [2.75, 3.05) is 0 Å². The molecule has 1 aliphatic rings. The Bertz CT molecular complexity index is 559. The van der Waals surface area contributed by atoms with E-state index in [4.69, 9.17) is 15.7 Å². The molecule has 0 bridgehead atoms. The van der Waals surface area contributed by atoms with Gasteiger partial charge in [-0.05, 0) is 31.2 Å². The Balaban J connectivity index is 2.27. The third-order valence-electron chi connectivity index (χ3n) is 3.74. The van der Waals surface area contributed by atoms with Crippen molar-refractivity contribution in [1.82, 2.24) is 0 Å². The first-order valence-corrected chi connectivity index (χ1v) is 6.94. The van der Waals surface area contributed by atoms with Gasteiger partial charge >= 0.3 is 0 Å². The number of benzene rings is 1. The van der Waals surface area contributed by atoms with Crippen molar-refractivity contribution >= 4 is 11.5 Å². The number of nitrogens with zero attached hydrogens (tertiary/aromatic N) is 2. The molecule has 1 fully saturated rings. The molecule has 2 atom stereocenters. The predicted octanol–water partition coefficient (Wildman–Crippen LogP) is 2.65. The Kier molecular flexibility index (Phi) is 4.62. The zero-order chi connectivity index (χ0) is 15.4. The maximum atomic E-state index is 10.8. The number of hydrogen-bond acceptors (Lipinski definition) is 5. The number of amidine groups is 1. The molecular formula is C14H19N3O4. The van der Waals surface area contributed by atoms with E-state index in [1.165, 1.54) is 24.6 Å². The average molecular weight is 293 g/mol. The number of rotatable bonds is 4. The van der Waals surface area contributed by atoms with E-state index in [1.54, 1.807) is 0 Å². The number of oxime groups is 1. The van der Waals surface area contributed by atoms with Crippen LogP contribution in [0.3, 0.4) is 0 Å². The van der Waals surface area contributed by atoms with Crippen LogP contribution in [0.5, 0.6) is 5.75 Å². The van der Waals surface area contributed by atoms with E-state index in [0.717, 1.165) is 19.3 Å². The maximum Gasteiger partial charge on any atom is 0.270 e. The minimum absolute atomic E-state index is 0.0560. The van der Waals surface area contributed by atoms with Crippen molar-refractivity contribution in [2.45, 2.75) is 38.7 Å². The third-order valence-corrected chi connectivity index (χ3v) is 3.74. The van der Waals surface area contributed by atoms with Crippen molar-refractivity contribution in [3.63, 3.8) is 0 Å². The fraction of sp³-hybridized carbons (Fsp3) is 0.500. The van der Waals surface area contributed by atoms with Crippen LogP contribution < -0.4 is 10.5 Å². The molecule has 0 saturated heterocycles. The topological polar surface area (TPSA) is 111 Å². The van der Waals surface area contributed by atoms with Crippen molar-refractivity contribution < 1.29 is 14.9 Å². The number of ether oxygens (including phenoxy) is 1. The second-order valence-electron chi connectivity index (χ2n) is 5.43. The molecule has 0 aliphatic heterocycles. The van der Waals surface area contributed by atoms with Crippen LogP contribution in [0.15, 0.2) is 23.4 Å². The molecule has 1 aliphatic carbocycles. The van der Waals surface area contributed by atoms with E-state index >= 15 is 0 Å². The molecule has 1 aromatic rings. The summed E-state index contributed by atoms with van der Waals surface area (Å²) in [5.41, 5.74) is 5.71. The fourth-order valence-electron chi connectivity index (χ4n) is 2.65. The zero-order valence-corrected chi connectivity index (χ0v) is 11.9. The van der Waals surface area contributed by atoms with Crippen molar-refractivity contribution in [3.05, 3.63) is 33.9 Å². The summed E-state index contributed by atoms with van der Waals surface area (Å²) in [5, 5.41) is 22.6. The molecule has 0 spiro atoms. The van der Waals surface area contributed by atoms with Crippen LogP contribution in [-0.2, 0) is 0 Å². The molecule has 2 rings (SSSR count). The molecule has 114 valence electrons. The van der Waals surface area contributed by atoms with Crippen LogP contribution in [0.4, 0.5) is 5.69 Å². The lowest BCUT2D eigenvalue weighted by Gasteiger charge is -2.28. The van der Waals surface area contributed by atoms with Crippen molar-refractivity contribution in [2.24, 2.45) is 16.8 Å². The molecule has 0 heterocycles. The van der Waals surface area contributed by atoms with Gasteiger partial charge in [0, 0.05) is 12.1 Å². The Morgan fingerprint density at radius 1 is 1.52 bits per heavy atom. The zero-order valence-electron chi connectivity index (χ0n) is 11.9. The fourth-order valence-corrected chi connectivity index (χ4v) is 2.65. The molecule has 7 nitrogen and oxygen atoms in total. The minimum atomic E-state index is -0.527. The smallest absolute Gasteiger partial charge is 0.270 e. The summed E-state index contributed by atoms with van der Waals surface area (Å²) in [5.74, 6) is 0.807. The SMILES string of the molecule is CC1CCCC(Oc2ccc([N+](=O)[O-])cc2C(N)=NO)C1. The van der Waals surface area contributed by atoms with E-state index in [-0.39, 0.29) is 23.2 Å². The first-order valence-electron chi connectivity index (χ1n) is 6.94. The van der Waals surface area contributed by atoms with Gasteiger partial charge in [-0.2, -0.15) is 0 Å². The summed E-state index contributed by atoms with van der Waals surface area (Å²) >= 11 is 0. The van der Waals surface area contributed by atoms with E-state index in [9.17, 15) is 10.1 Å². The number of non-ortho nitro benzene ring substituents is 1. The Labute approximate surface area is 122 Å². The van der Waals surface area contributed by atoms with E-state index in [0.29, 0.717) is 11.7 Å². The minimum Gasteiger partial charge on any atom is -0.490 e. The third kappa shape index (κ3) is 3.62. The van der Waals surface area contributed by atoms with E-state index < -0.39 is 4.92 Å². The van der Waals surface area contributed by atoms with Crippen LogP contribution in [0.1, 0.15) is 38.2 Å². The highest BCUT2D eigenvalue weighted by atomic mass is 16.6. The lowest BCUT2D eigenvalue weighted by Crippen LogP contribution is -2.25. The van der Waals surface area contributed by atoms with Gasteiger partial charge in [0.1, 0.15) is 5.75 Å². The first-order chi connectivity index (χ1) is 10.0. The molecule has 1 saturated carbocycles. The van der Waals surface area contributed by atoms with E-state index in [2.05, 4.69) is 12.1 Å². The summed E-state index contributed by atoms with van der Waals surface area (Å²) in [6.45, 7) is 2.18. The first kappa shape index (κ1) is 15.1. The highest BCUT2D eigenvalue weighted by Crippen LogP contribution is 2.30. The molecule has 0 amide bonds. The molecule has 7 heteroatoms. The predicted molar refractivity (Wildman–Crippen MR) is 77.7 cm³/mol.